The number of rotatable bonds is 5. The van der Waals surface area contributed by atoms with Crippen LogP contribution in [0.1, 0.15) is 36.2 Å². The third-order valence-corrected chi connectivity index (χ3v) is 4.07. The number of aryl methyl sites for hydroxylation is 1. The van der Waals surface area contributed by atoms with Crippen molar-refractivity contribution in [2.45, 2.75) is 39.3 Å². The van der Waals surface area contributed by atoms with E-state index in [4.69, 9.17) is 11.6 Å². The molecule has 102 valence electrons. The Morgan fingerprint density at radius 2 is 2.16 bits per heavy atom. The van der Waals surface area contributed by atoms with E-state index in [1.165, 1.54) is 5.56 Å². The molecule has 0 aliphatic rings. The summed E-state index contributed by atoms with van der Waals surface area (Å²) in [5.74, 6) is 0. The average Bonchev–Trinajstić information content (AvgIpc) is 2.75. The SMILES string of the molecule is Cc1nc(C(C)NC(C)Cc2cccc(Cl)c2)cs1. The molecular formula is C15H19ClN2S. The fourth-order valence-corrected chi connectivity index (χ4v) is 3.09. The van der Waals surface area contributed by atoms with Gasteiger partial charge in [-0.1, -0.05) is 23.7 Å². The zero-order chi connectivity index (χ0) is 13.8. The van der Waals surface area contributed by atoms with Crippen molar-refractivity contribution in [3.8, 4) is 0 Å². The summed E-state index contributed by atoms with van der Waals surface area (Å²) < 4.78 is 0. The lowest BCUT2D eigenvalue weighted by Crippen LogP contribution is -2.30. The minimum Gasteiger partial charge on any atom is -0.306 e. The number of nitrogens with zero attached hydrogens (tertiary/aromatic N) is 1. The normalized spacial score (nSPS) is 14.3. The highest BCUT2D eigenvalue weighted by Gasteiger charge is 2.12. The minimum absolute atomic E-state index is 0.277. The van der Waals surface area contributed by atoms with Gasteiger partial charge < -0.3 is 5.32 Å². The maximum Gasteiger partial charge on any atom is 0.0898 e. The van der Waals surface area contributed by atoms with Crippen LogP contribution in [0.4, 0.5) is 0 Å². The first-order valence-electron chi connectivity index (χ1n) is 6.47. The summed E-state index contributed by atoms with van der Waals surface area (Å²) in [6.45, 7) is 6.38. The number of benzene rings is 1. The Hall–Kier alpha value is -0.900. The van der Waals surface area contributed by atoms with E-state index in [0.717, 1.165) is 22.1 Å². The lowest BCUT2D eigenvalue weighted by molar-refractivity contribution is 0.471. The zero-order valence-corrected chi connectivity index (χ0v) is 13.1. The lowest BCUT2D eigenvalue weighted by atomic mass is 10.1. The molecule has 2 nitrogen and oxygen atoms in total. The third-order valence-electron chi connectivity index (χ3n) is 3.05. The molecule has 2 unspecified atom stereocenters. The van der Waals surface area contributed by atoms with E-state index >= 15 is 0 Å². The van der Waals surface area contributed by atoms with Crippen molar-refractivity contribution in [3.63, 3.8) is 0 Å². The van der Waals surface area contributed by atoms with Gasteiger partial charge >= 0.3 is 0 Å². The van der Waals surface area contributed by atoms with Gasteiger partial charge in [-0.25, -0.2) is 4.98 Å². The molecule has 2 aromatic rings. The lowest BCUT2D eigenvalue weighted by Gasteiger charge is -2.19. The smallest absolute Gasteiger partial charge is 0.0898 e. The van der Waals surface area contributed by atoms with Gasteiger partial charge in [-0.3, -0.25) is 0 Å². The van der Waals surface area contributed by atoms with E-state index in [2.05, 4.69) is 35.6 Å². The summed E-state index contributed by atoms with van der Waals surface area (Å²) in [5, 5.41) is 7.62. The van der Waals surface area contributed by atoms with E-state index in [1.54, 1.807) is 11.3 Å². The Balaban J connectivity index is 1.92. The largest absolute Gasteiger partial charge is 0.306 e. The van der Waals surface area contributed by atoms with Gasteiger partial charge in [0.1, 0.15) is 0 Å². The topological polar surface area (TPSA) is 24.9 Å². The first-order valence-corrected chi connectivity index (χ1v) is 7.73. The molecule has 19 heavy (non-hydrogen) atoms. The molecule has 0 radical (unpaired) electrons. The Kier molecular flexibility index (Phi) is 4.97. The van der Waals surface area contributed by atoms with Crippen LogP contribution in [0.25, 0.3) is 0 Å². The predicted molar refractivity (Wildman–Crippen MR) is 83.0 cm³/mol. The van der Waals surface area contributed by atoms with Crippen LogP contribution in [0.5, 0.6) is 0 Å². The van der Waals surface area contributed by atoms with Gasteiger partial charge in [-0.05, 0) is 44.9 Å². The second-order valence-electron chi connectivity index (χ2n) is 4.91. The molecule has 0 spiro atoms. The van der Waals surface area contributed by atoms with Crippen LogP contribution in [0.2, 0.25) is 5.02 Å². The molecule has 1 aromatic heterocycles. The molecule has 0 bridgehead atoms. The van der Waals surface area contributed by atoms with Gasteiger partial charge in [0.05, 0.1) is 10.7 Å². The second-order valence-corrected chi connectivity index (χ2v) is 6.41. The predicted octanol–water partition coefficient (Wildman–Crippen LogP) is 4.39. The highest BCUT2D eigenvalue weighted by atomic mass is 35.5. The van der Waals surface area contributed by atoms with Crippen molar-refractivity contribution in [1.82, 2.24) is 10.3 Å². The minimum atomic E-state index is 0.277. The number of halogens is 1. The van der Waals surface area contributed by atoms with Crippen LogP contribution < -0.4 is 5.32 Å². The van der Waals surface area contributed by atoms with Crippen molar-refractivity contribution in [2.75, 3.05) is 0 Å². The van der Waals surface area contributed by atoms with Gasteiger partial charge in [-0.15, -0.1) is 11.3 Å². The molecule has 4 heteroatoms. The van der Waals surface area contributed by atoms with Crippen LogP contribution in [0, 0.1) is 6.92 Å². The van der Waals surface area contributed by atoms with Crippen molar-refractivity contribution < 1.29 is 0 Å². The molecule has 2 atom stereocenters. The fraction of sp³-hybridized carbons (Fsp3) is 0.400. The maximum absolute atomic E-state index is 6.00. The van der Waals surface area contributed by atoms with E-state index in [1.807, 2.05) is 25.1 Å². The Morgan fingerprint density at radius 1 is 1.37 bits per heavy atom. The molecule has 1 heterocycles. The first-order chi connectivity index (χ1) is 9.04. The van der Waals surface area contributed by atoms with Crippen LogP contribution in [-0.4, -0.2) is 11.0 Å². The van der Waals surface area contributed by atoms with Crippen LogP contribution in [0.3, 0.4) is 0 Å². The molecule has 0 aliphatic carbocycles. The van der Waals surface area contributed by atoms with Gasteiger partial charge in [0.25, 0.3) is 0 Å². The summed E-state index contributed by atoms with van der Waals surface area (Å²) in [6, 6.07) is 8.70. The third kappa shape index (κ3) is 4.30. The maximum atomic E-state index is 6.00. The van der Waals surface area contributed by atoms with Crippen molar-refractivity contribution >= 4 is 22.9 Å². The number of hydrogen-bond acceptors (Lipinski definition) is 3. The molecule has 1 N–H and O–H groups in total. The highest BCUT2D eigenvalue weighted by Crippen LogP contribution is 2.17. The molecule has 2 rings (SSSR count). The van der Waals surface area contributed by atoms with Crippen molar-refractivity contribution in [3.05, 3.63) is 50.9 Å². The number of hydrogen-bond donors (Lipinski definition) is 1. The quantitative estimate of drug-likeness (QED) is 0.885. The summed E-state index contributed by atoms with van der Waals surface area (Å²) in [6.07, 6.45) is 0.966. The van der Waals surface area contributed by atoms with E-state index in [0.29, 0.717) is 6.04 Å². The molecule has 1 aromatic carbocycles. The van der Waals surface area contributed by atoms with Gasteiger partial charge in [-0.2, -0.15) is 0 Å². The molecular weight excluding hydrogens is 276 g/mol. The average molecular weight is 295 g/mol. The zero-order valence-electron chi connectivity index (χ0n) is 11.5. The van der Waals surface area contributed by atoms with E-state index in [-0.39, 0.29) is 6.04 Å². The summed E-state index contributed by atoms with van der Waals surface area (Å²) in [7, 11) is 0. The molecule has 0 aliphatic heterocycles. The standard InChI is InChI=1S/C15H19ClN2S/c1-10(7-13-5-4-6-14(16)8-13)17-11(2)15-9-19-12(3)18-15/h4-6,8-11,17H,7H2,1-3H3. The van der Waals surface area contributed by atoms with Crippen LogP contribution in [-0.2, 0) is 6.42 Å². The second kappa shape index (κ2) is 6.51. The Labute approximate surface area is 123 Å². The van der Waals surface area contributed by atoms with E-state index in [9.17, 15) is 0 Å². The number of aromatic nitrogens is 1. The fourth-order valence-electron chi connectivity index (χ4n) is 2.17. The van der Waals surface area contributed by atoms with Gasteiger partial charge in [0, 0.05) is 22.5 Å². The summed E-state index contributed by atoms with van der Waals surface area (Å²) >= 11 is 7.70. The van der Waals surface area contributed by atoms with Gasteiger partial charge in [0.2, 0.25) is 0 Å². The van der Waals surface area contributed by atoms with Crippen LogP contribution >= 0.6 is 22.9 Å². The molecule has 0 saturated heterocycles. The Morgan fingerprint density at radius 3 is 2.79 bits per heavy atom. The molecule has 0 fully saturated rings. The van der Waals surface area contributed by atoms with Crippen molar-refractivity contribution in [2.24, 2.45) is 0 Å². The first kappa shape index (κ1) is 14.5. The highest BCUT2D eigenvalue weighted by molar-refractivity contribution is 7.09. The van der Waals surface area contributed by atoms with Crippen LogP contribution in [0.15, 0.2) is 29.6 Å². The van der Waals surface area contributed by atoms with E-state index < -0.39 is 0 Å². The summed E-state index contributed by atoms with van der Waals surface area (Å²) in [5.41, 5.74) is 2.38. The monoisotopic (exact) mass is 294 g/mol. The summed E-state index contributed by atoms with van der Waals surface area (Å²) in [4.78, 5) is 4.52. The molecule has 0 amide bonds. The number of nitrogens with one attached hydrogen (secondary N) is 1. The molecule has 0 saturated carbocycles. The Bertz CT molecular complexity index is 538. The van der Waals surface area contributed by atoms with Gasteiger partial charge in [0.15, 0.2) is 0 Å². The number of thiazole rings is 1. The van der Waals surface area contributed by atoms with Crippen molar-refractivity contribution in [1.29, 1.82) is 0 Å².